The number of hydrogen-bond donors (Lipinski definition) is 1. The third-order valence-electron chi connectivity index (χ3n) is 3.39. The van der Waals surface area contributed by atoms with Crippen LogP contribution in [0.5, 0.6) is 5.75 Å². The van der Waals surface area contributed by atoms with Crippen molar-refractivity contribution in [2.45, 2.75) is 6.92 Å². The van der Waals surface area contributed by atoms with Crippen LogP contribution in [0, 0.1) is 18.5 Å². The van der Waals surface area contributed by atoms with E-state index in [1.165, 1.54) is 0 Å². The Morgan fingerprint density at radius 1 is 1.33 bits per heavy atom. The van der Waals surface area contributed by atoms with Crippen molar-refractivity contribution in [2.24, 2.45) is 0 Å². The summed E-state index contributed by atoms with van der Waals surface area (Å²) in [5.41, 5.74) is 3.11. The summed E-state index contributed by atoms with van der Waals surface area (Å²) in [4.78, 5) is 7.71. The molecule has 0 atom stereocenters. The zero-order valence-corrected chi connectivity index (χ0v) is 17.1. The van der Waals surface area contributed by atoms with E-state index in [0.29, 0.717) is 18.0 Å². The highest BCUT2D eigenvalue weighted by molar-refractivity contribution is 14.1. The quantitative estimate of drug-likeness (QED) is 0.364. The molecule has 0 spiro atoms. The summed E-state index contributed by atoms with van der Waals surface area (Å²) in [6.07, 6.45) is 1.83. The second-order valence-electron chi connectivity index (χ2n) is 5.01. The third-order valence-corrected chi connectivity index (χ3v) is 4.81. The molecule has 4 nitrogen and oxygen atoms in total. The Hall–Kier alpha value is -1.60. The molecule has 2 aromatic carbocycles. The van der Waals surface area contributed by atoms with Gasteiger partial charge in [0.1, 0.15) is 17.6 Å². The number of hydrogen-bond acceptors (Lipinski definition) is 3. The Morgan fingerprint density at radius 3 is 2.83 bits per heavy atom. The van der Waals surface area contributed by atoms with Crippen LogP contribution in [0.2, 0.25) is 0 Å². The Labute approximate surface area is 167 Å². The van der Waals surface area contributed by atoms with Crippen molar-refractivity contribution in [2.75, 3.05) is 6.61 Å². The monoisotopic (exact) mass is 541 g/mol. The smallest absolute Gasteiger partial charge is 0.149 e. The first-order valence-electron chi connectivity index (χ1n) is 7.31. The highest BCUT2D eigenvalue weighted by Gasteiger charge is 2.12. The summed E-state index contributed by atoms with van der Waals surface area (Å²) in [5, 5.41) is 9.60. The molecule has 1 N–H and O–H groups in total. The van der Waals surface area contributed by atoms with E-state index in [9.17, 15) is 5.26 Å². The maximum Gasteiger partial charge on any atom is 0.149 e. The maximum atomic E-state index is 9.60. The number of imidazole rings is 1. The summed E-state index contributed by atoms with van der Waals surface area (Å²) >= 11 is 4.52. The zero-order chi connectivity index (χ0) is 17.1. The van der Waals surface area contributed by atoms with Crippen LogP contribution in [0.1, 0.15) is 18.3 Å². The van der Waals surface area contributed by atoms with Crippen LogP contribution in [0.4, 0.5) is 0 Å². The molecule has 0 saturated carbocycles. The van der Waals surface area contributed by atoms with Crippen LogP contribution in [0.15, 0.2) is 36.4 Å². The fourth-order valence-corrected chi connectivity index (χ4v) is 4.42. The minimum absolute atomic E-state index is 0.477. The van der Waals surface area contributed by atoms with Gasteiger partial charge in [0.2, 0.25) is 0 Å². The predicted molar refractivity (Wildman–Crippen MR) is 113 cm³/mol. The van der Waals surface area contributed by atoms with Crippen LogP contribution in [0.25, 0.3) is 22.7 Å². The average molecular weight is 541 g/mol. The normalized spacial score (nSPS) is 11.5. The van der Waals surface area contributed by atoms with Gasteiger partial charge in [-0.15, -0.1) is 0 Å². The summed E-state index contributed by atoms with van der Waals surface area (Å²) in [7, 11) is 0. The molecule has 0 amide bonds. The molecule has 0 bridgehead atoms. The van der Waals surface area contributed by atoms with Gasteiger partial charge in [-0.05, 0) is 82.4 Å². The van der Waals surface area contributed by atoms with Crippen LogP contribution in [-0.4, -0.2) is 16.6 Å². The number of para-hydroxylation sites is 2. The Bertz CT molecular complexity index is 937. The summed E-state index contributed by atoms with van der Waals surface area (Å²) in [6, 6.07) is 14.0. The van der Waals surface area contributed by atoms with Gasteiger partial charge in [-0.25, -0.2) is 4.98 Å². The van der Waals surface area contributed by atoms with E-state index in [2.05, 4.69) is 67.3 Å². The molecular weight excluding hydrogens is 528 g/mol. The van der Waals surface area contributed by atoms with Crippen LogP contribution < -0.4 is 4.74 Å². The maximum absolute atomic E-state index is 9.60. The number of ether oxygens (including phenoxy) is 1. The number of H-pyrrole nitrogens is 1. The molecule has 120 valence electrons. The van der Waals surface area contributed by atoms with Crippen LogP contribution >= 0.6 is 45.2 Å². The number of allylic oxidation sites excluding steroid dienone is 1. The van der Waals surface area contributed by atoms with Crippen molar-refractivity contribution in [1.29, 1.82) is 5.26 Å². The summed E-state index contributed by atoms with van der Waals surface area (Å²) in [6.45, 7) is 2.52. The molecular formula is C18H13I2N3O. The van der Waals surface area contributed by atoms with E-state index in [4.69, 9.17) is 4.74 Å². The van der Waals surface area contributed by atoms with Crippen LogP contribution in [0.3, 0.4) is 0 Å². The van der Waals surface area contributed by atoms with Crippen molar-refractivity contribution in [1.82, 2.24) is 9.97 Å². The molecule has 0 saturated heterocycles. The minimum Gasteiger partial charge on any atom is -0.492 e. The molecule has 6 heteroatoms. The number of aromatic nitrogens is 2. The first-order chi connectivity index (χ1) is 11.6. The molecule has 1 aromatic heterocycles. The largest absolute Gasteiger partial charge is 0.492 e. The van der Waals surface area contributed by atoms with Gasteiger partial charge in [0.05, 0.1) is 26.8 Å². The SMILES string of the molecule is CCOc1c(I)cc(I)cc1/C=C(\C#N)c1nc2ccccc2[nH]1. The average Bonchev–Trinajstić information content (AvgIpc) is 2.99. The van der Waals surface area contributed by atoms with Gasteiger partial charge in [0.25, 0.3) is 0 Å². The molecule has 0 fully saturated rings. The fourth-order valence-electron chi connectivity index (χ4n) is 2.37. The second-order valence-corrected chi connectivity index (χ2v) is 7.42. The molecule has 3 rings (SSSR count). The number of nitrogens with zero attached hydrogens (tertiary/aromatic N) is 2. The van der Waals surface area contributed by atoms with Crippen LogP contribution in [-0.2, 0) is 0 Å². The van der Waals surface area contributed by atoms with Gasteiger partial charge in [-0.2, -0.15) is 5.26 Å². The van der Waals surface area contributed by atoms with Gasteiger partial charge >= 0.3 is 0 Å². The van der Waals surface area contributed by atoms with Crippen molar-refractivity contribution in [3.63, 3.8) is 0 Å². The molecule has 3 aromatic rings. The molecule has 0 aliphatic carbocycles. The molecule has 1 heterocycles. The van der Waals surface area contributed by atoms with Crippen molar-refractivity contribution >= 4 is 67.9 Å². The van der Waals surface area contributed by atoms with Crippen molar-refractivity contribution in [3.05, 3.63) is 54.9 Å². The van der Waals surface area contributed by atoms with E-state index in [0.717, 1.165) is 29.5 Å². The number of rotatable bonds is 4. The Balaban J connectivity index is 2.13. The number of nitrogens with one attached hydrogen (secondary N) is 1. The number of halogens is 2. The highest BCUT2D eigenvalue weighted by Crippen LogP contribution is 2.31. The molecule has 0 aliphatic rings. The predicted octanol–water partition coefficient (Wildman–Crippen LogP) is 5.23. The van der Waals surface area contributed by atoms with Gasteiger partial charge in [-0.3, -0.25) is 0 Å². The van der Waals surface area contributed by atoms with E-state index in [1.54, 1.807) is 0 Å². The van der Waals surface area contributed by atoms with Gasteiger partial charge in [0, 0.05) is 9.13 Å². The standard InChI is InChI=1S/C18H13I2N3O/c1-2-24-17-11(8-13(19)9-14(17)20)7-12(10-21)18-22-15-5-3-4-6-16(15)23-18/h3-9H,2H2,1H3,(H,22,23)/b12-7+. The van der Waals surface area contributed by atoms with Gasteiger partial charge in [-0.1, -0.05) is 12.1 Å². The Kier molecular flexibility index (Phi) is 5.40. The second kappa shape index (κ2) is 7.53. The lowest BCUT2D eigenvalue weighted by molar-refractivity contribution is 0.337. The number of benzene rings is 2. The third kappa shape index (κ3) is 3.57. The summed E-state index contributed by atoms with van der Waals surface area (Å²) in [5.74, 6) is 1.36. The lowest BCUT2D eigenvalue weighted by Gasteiger charge is -2.10. The minimum atomic E-state index is 0.477. The molecule has 0 aliphatic heterocycles. The lowest BCUT2D eigenvalue weighted by Crippen LogP contribution is -1.98. The fraction of sp³-hybridized carbons (Fsp3) is 0.111. The van der Waals surface area contributed by atoms with E-state index in [1.807, 2.05) is 43.3 Å². The van der Waals surface area contributed by atoms with Crippen molar-refractivity contribution in [3.8, 4) is 11.8 Å². The lowest BCUT2D eigenvalue weighted by atomic mass is 10.1. The van der Waals surface area contributed by atoms with E-state index in [-0.39, 0.29) is 0 Å². The number of fused-ring (bicyclic) bond motifs is 1. The van der Waals surface area contributed by atoms with Gasteiger partial charge < -0.3 is 9.72 Å². The molecule has 24 heavy (non-hydrogen) atoms. The van der Waals surface area contributed by atoms with E-state index < -0.39 is 0 Å². The topological polar surface area (TPSA) is 61.7 Å². The van der Waals surface area contributed by atoms with Gasteiger partial charge in [0.15, 0.2) is 0 Å². The Morgan fingerprint density at radius 2 is 2.12 bits per heavy atom. The molecule has 0 radical (unpaired) electrons. The zero-order valence-electron chi connectivity index (χ0n) is 12.8. The molecule has 0 unspecified atom stereocenters. The van der Waals surface area contributed by atoms with Crippen molar-refractivity contribution < 1.29 is 4.74 Å². The summed E-state index contributed by atoms with van der Waals surface area (Å²) < 4.78 is 7.88. The van der Waals surface area contributed by atoms with E-state index >= 15 is 0 Å². The first kappa shape index (κ1) is 17.2. The number of aromatic amines is 1. The first-order valence-corrected chi connectivity index (χ1v) is 9.47. The highest BCUT2D eigenvalue weighted by atomic mass is 127. The number of nitriles is 1.